The number of aromatic amines is 1. The Morgan fingerprint density at radius 3 is 2.41 bits per heavy atom. The lowest BCUT2D eigenvalue weighted by molar-refractivity contribution is -0.165. The first-order valence-electron chi connectivity index (χ1n) is 10.4. The number of hydrogen-bond donors (Lipinski definition) is 2. The van der Waals surface area contributed by atoms with Gasteiger partial charge in [-0.1, -0.05) is 13.8 Å². The van der Waals surface area contributed by atoms with Gasteiger partial charge in [-0.15, -0.1) is 0 Å². The number of carbonyl (C=O) groups is 4. The predicted molar refractivity (Wildman–Crippen MR) is 113 cm³/mol. The molecule has 34 heavy (non-hydrogen) atoms. The fourth-order valence-corrected chi connectivity index (χ4v) is 3.43. The van der Waals surface area contributed by atoms with Crippen LogP contribution in [0.4, 0.5) is 5.95 Å². The van der Waals surface area contributed by atoms with Crippen LogP contribution >= 0.6 is 0 Å². The minimum absolute atomic E-state index is 0.00486. The lowest BCUT2D eigenvalue weighted by Crippen LogP contribution is -2.39. The summed E-state index contributed by atoms with van der Waals surface area (Å²) >= 11 is 0. The summed E-state index contributed by atoms with van der Waals surface area (Å²) in [6.07, 6.45) is -3.65. The maximum Gasteiger partial charge on any atom is 0.308 e. The number of nitrogens with zero attached hydrogens (tertiary/aromatic N) is 3. The van der Waals surface area contributed by atoms with E-state index >= 15 is 0 Å². The van der Waals surface area contributed by atoms with E-state index in [0.717, 1.165) is 13.8 Å². The van der Waals surface area contributed by atoms with Crippen LogP contribution in [0.3, 0.4) is 0 Å². The normalized spacial score (nSPS) is 21.9. The molecule has 0 unspecified atom stereocenters. The van der Waals surface area contributed by atoms with E-state index in [1.165, 1.54) is 18.0 Å². The molecule has 0 bridgehead atoms. The third-order valence-corrected chi connectivity index (χ3v) is 4.96. The number of H-pyrrole nitrogens is 1. The Hall–Kier alpha value is -3.81. The number of anilines is 1. The Morgan fingerprint density at radius 1 is 1.18 bits per heavy atom. The Balaban J connectivity index is 2.08. The molecular weight excluding hydrogens is 454 g/mol. The van der Waals surface area contributed by atoms with E-state index in [-0.39, 0.29) is 35.4 Å². The Bertz CT molecular complexity index is 1170. The number of hydrogen-bond acceptors (Lipinski definition) is 11. The van der Waals surface area contributed by atoms with Gasteiger partial charge in [0.25, 0.3) is 5.56 Å². The van der Waals surface area contributed by atoms with Crippen molar-refractivity contribution in [2.24, 2.45) is 5.92 Å². The molecule has 1 aliphatic heterocycles. The van der Waals surface area contributed by atoms with Gasteiger partial charge >= 0.3 is 17.9 Å². The lowest BCUT2D eigenvalue weighted by atomic mass is 10.1. The topological polar surface area (TPSA) is 181 Å². The molecule has 2 aromatic rings. The summed E-state index contributed by atoms with van der Waals surface area (Å²) in [4.78, 5) is 70.8. The van der Waals surface area contributed by atoms with Crippen LogP contribution in [0.5, 0.6) is 0 Å². The van der Waals surface area contributed by atoms with Crippen molar-refractivity contribution < 1.29 is 38.1 Å². The molecule has 1 saturated heterocycles. The van der Waals surface area contributed by atoms with E-state index in [0.29, 0.717) is 0 Å². The third kappa shape index (κ3) is 5.22. The SMILES string of the molecule is COC(=O)C[C@H]1O[C@@H](n2cnc3c(=O)[nH]c(NC(=O)C(C)C)nc32)[C@H](OC(C)=O)[C@@H]1OC(C)=O. The molecule has 3 rings (SSSR count). The van der Waals surface area contributed by atoms with Crippen LogP contribution in [-0.4, -0.2) is 68.8 Å². The highest BCUT2D eigenvalue weighted by atomic mass is 16.6. The quantitative estimate of drug-likeness (QED) is 0.404. The second-order valence-electron chi connectivity index (χ2n) is 7.88. The lowest BCUT2D eigenvalue weighted by Gasteiger charge is -2.23. The molecule has 0 aromatic carbocycles. The maximum absolute atomic E-state index is 12.5. The second-order valence-corrected chi connectivity index (χ2v) is 7.88. The number of aromatic nitrogens is 4. The Morgan fingerprint density at radius 2 is 1.82 bits per heavy atom. The number of amides is 1. The van der Waals surface area contributed by atoms with Gasteiger partial charge in [-0.2, -0.15) is 4.98 Å². The number of carbonyl (C=O) groups excluding carboxylic acids is 4. The molecule has 0 spiro atoms. The Kier molecular flexibility index (Phi) is 7.29. The summed E-state index contributed by atoms with van der Waals surface area (Å²) in [7, 11) is 1.19. The van der Waals surface area contributed by atoms with E-state index in [1.807, 2.05) is 0 Å². The molecular formula is C20H25N5O9. The standard InChI is InChI=1S/C20H25N5O9/c1-8(2)17(29)23-20-22-16-13(18(30)24-20)21-7-25(16)19-15(33-10(4)27)14(32-9(3)26)11(34-19)6-12(28)31-5/h7-8,11,14-15,19H,6H2,1-5H3,(H2,22,23,24,29,30)/t11-,14-,15-,19-/m1/s1. The van der Waals surface area contributed by atoms with Gasteiger partial charge in [-0.25, -0.2) is 4.98 Å². The van der Waals surface area contributed by atoms with E-state index in [4.69, 9.17) is 14.2 Å². The monoisotopic (exact) mass is 479 g/mol. The first kappa shape index (κ1) is 24.8. The molecule has 3 heterocycles. The number of esters is 3. The van der Waals surface area contributed by atoms with Crippen molar-refractivity contribution in [3.05, 3.63) is 16.7 Å². The number of imidazole rings is 1. The van der Waals surface area contributed by atoms with Crippen LogP contribution in [0.2, 0.25) is 0 Å². The number of ether oxygens (including phenoxy) is 4. The average molecular weight is 479 g/mol. The highest BCUT2D eigenvalue weighted by Gasteiger charge is 2.51. The minimum Gasteiger partial charge on any atom is -0.469 e. The first-order chi connectivity index (χ1) is 16.0. The zero-order valence-corrected chi connectivity index (χ0v) is 19.2. The predicted octanol–water partition coefficient (Wildman–Crippen LogP) is 0.0380. The van der Waals surface area contributed by atoms with Gasteiger partial charge in [-0.3, -0.25) is 38.8 Å². The van der Waals surface area contributed by atoms with Crippen molar-refractivity contribution in [1.82, 2.24) is 19.5 Å². The fourth-order valence-electron chi connectivity index (χ4n) is 3.43. The van der Waals surface area contributed by atoms with Crippen LogP contribution < -0.4 is 10.9 Å². The molecule has 2 N–H and O–H groups in total. The summed E-state index contributed by atoms with van der Waals surface area (Å²) < 4.78 is 22.6. The molecule has 0 aliphatic carbocycles. The zero-order chi connectivity index (χ0) is 25.2. The van der Waals surface area contributed by atoms with Gasteiger partial charge in [0.15, 0.2) is 29.6 Å². The molecule has 1 fully saturated rings. The van der Waals surface area contributed by atoms with Gasteiger partial charge in [0.1, 0.15) is 6.10 Å². The largest absolute Gasteiger partial charge is 0.469 e. The maximum atomic E-state index is 12.5. The van der Waals surface area contributed by atoms with Gasteiger partial charge in [0, 0.05) is 19.8 Å². The molecule has 0 saturated carbocycles. The van der Waals surface area contributed by atoms with Crippen molar-refractivity contribution in [1.29, 1.82) is 0 Å². The van der Waals surface area contributed by atoms with Gasteiger partial charge < -0.3 is 18.9 Å². The van der Waals surface area contributed by atoms with Crippen LogP contribution in [0.25, 0.3) is 11.2 Å². The van der Waals surface area contributed by atoms with Gasteiger partial charge in [0.2, 0.25) is 11.9 Å². The van der Waals surface area contributed by atoms with Crippen molar-refractivity contribution in [3.63, 3.8) is 0 Å². The Labute approximate surface area is 192 Å². The molecule has 14 nitrogen and oxygen atoms in total. The summed E-state index contributed by atoms with van der Waals surface area (Å²) in [6, 6.07) is 0. The molecule has 1 aliphatic rings. The highest BCUT2D eigenvalue weighted by molar-refractivity contribution is 5.91. The summed E-state index contributed by atoms with van der Waals surface area (Å²) in [5, 5.41) is 2.50. The third-order valence-electron chi connectivity index (χ3n) is 4.96. The molecule has 14 heteroatoms. The fraction of sp³-hybridized carbons (Fsp3) is 0.550. The molecule has 0 radical (unpaired) electrons. The van der Waals surface area contributed by atoms with Crippen LogP contribution in [-0.2, 0) is 38.1 Å². The van der Waals surface area contributed by atoms with E-state index in [1.54, 1.807) is 13.8 Å². The highest BCUT2D eigenvalue weighted by Crippen LogP contribution is 2.36. The average Bonchev–Trinajstić information content (AvgIpc) is 3.29. The molecule has 4 atom stereocenters. The minimum atomic E-state index is -1.21. The van der Waals surface area contributed by atoms with Crippen LogP contribution in [0.15, 0.2) is 11.1 Å². The van der Waals surface area contributed by atoms with Crippen molar-refractivity contribution >= 4 is 40.9 Å². The summed E-state index contributed by atoms with van der Waals surface area (Å²) in [5.41, 5.74) is -0.703. The number of fused-ring (bicyclic) bond motifs is 1. The number of methoxy groups -OCH3 is 1. The van der Waals surface area contributed by atoms with Crippen molar-refractivity contribution in [2.75, 3.05) is 12.4 Å². The van der Waals surface area contributed by atoms with Gasteiger partial charge in [0.05, 0.1) is 19.9 Å². The van der Waals surface area contributed by atoms with E-state index in [9.17, 15) is 24.0 Å². The summed E-state index contributed by atoms with van der Waals surface area (Å²) in [6.45, 7) is 5.65. The summed E-state index contributed by atoms with van der Waals surface area (Å²) in [5.74, 6) is -2.91. The number of nitrogens with one attached hydrogen (secondary N) is 2. The van der Waals surface area contributed by atoms with Crippen molar-refractivity contribution in [3.8, 4) is 0 Å². The molecule has 2 aromatic heterocycles. The zero-order valence-electron chi connectivity index (χ0n) is 19.2. The van der Waals surface area contributed by atoms with E-state index in [2.05, 4.69) is 25.0 Å². The van der Waals surface area contributed by atoms with Crippen molar-refractivity contribution in [2.45, 2.75) is 58.7 Å². The van der Waals surface area contributed by atoms with Crippen LogP contribution in [0.1, 0.15) is 40.3 Å². The number of rotatable bonds is 7. The second kappa shape index (κ2) is 9.99. The molecule has 1 amide bonds. The first-order valence-corrected chi connectivity index (χ1v) is 10.4. The smallest absolute Gasteiger partial charge is 0.308 e. The van der Waals surface area contributed by atoms with E-state index < -0.39 is 48.0 Å². The van der Waals surface area contributed by atoms with Gasteiger partial charge in [-0.05, 0) is 0 Å². The van der Waals surface area contributed by atoms with Crippen LogP contribution in [0, 0.1) is 5.92 Å². The molecule has 184 valence electrons.